The van der Waals surface area contributed by atoms with Crippen LogP contribution in [0.2, 0.25) is 0 Å². The summed E-state index contributed by atoms with van der Waals surface area (Å²) >= 11 is 0. The topological polar surface area (TPSA) is 57.6 Å². The SMILES string of the molecule is COc1ccc(CN2Cc3cc(N4CC(O)C4)ccc3N(C3CCOCC3)C2)cc1OC. The van der Waals surface area contributed by atoms with Gasteiger partial charge in [0, 0.05) is 56.8 Å². The number of hydrogen-bond acceptors (Lipinski definition) is 7. The van der Waals surface area contributed by atoms with Crippen molar-refractivity contribution in [2.45, 2.75) is 38.1 Å². The van der Waals surface area contributed by atoms with Gasteiger partial charge in [-0.05, 0) is 54.3 Å². The molecule has 1 N–H and O–H groups in total. The molecule has 0 unspecified atom stereocenters. The predicted octanol–water partition coefficient (Wildman–Crippen LogP) is 2.84. The number of nitrogens with zero attached hydrogens (tertiary/aromatic N) is 3. The Morgan fingerprint density at radius 1 is 1.00 bits per heavy atom. The van der Waals surface area contributed by atoms with E-state index < -0.39 is 0 Å². The third-order valence-corrected chi connectivity index (χ3v) is 6.83. The number of aliphatic hydroxyl groups excluding tert-OH is 1. The van der Waals surface area contributed by atoms with Crippen LogP contribution in [0.5, 0.6) is 11.5 Å². The second kappa shape index (κ2) is 9.17. The highest BCUT2D eigenvalue weighted by atomic mass is 16.5. The molecule has 2 fully saturated rings. The van der Waals surface area contributed by atoms with Crippen LogP contribution in [0.4, 0.5) is 11.4 Å². The van der Waals surface area contributed by atoms with Crippen LogP contribution < -0.4 is 19.3 Å². The van der Waals surface area contributed by atoms with E-state index in [1.807, 2.05) is 6.07 Å². The van der Waals surface area contributed by atoms with E-state index in [-0.39, 0.29) is 6.10 Å². The van der Waals surface area contributed by atoms with Crippen LogP contribution >= 0.6 is 0 Å². The number of β-amino-alcohol motifs (C(OH)–C–C–N with tert-alkyl or cyclic N) is 1. The standard InChI is InChI=1S/C25H33N3O4/c1-30-24-6-3-18(11-25(24)31-2)13-26-14-19-12-21(27-15-22(29)16-27)4-5-23(19)28(17-26)20-7-9-32-10-8-20/h3-6,11-12,20,22,29H,7-10,13-17H2,1-2H3. The highest BCUT2D eigenvalue weighted by molar-refractivity contribution is 5.64. The summed E-state index contributed by atoms with van der Waals surface area (Å²) < 4.78 is 16.6. The van der Waals surface area contributed by atoms with E-state index in [1.165, 1.54) is 22.5 Å². The van der Waals surface area contributed by atoms with Gasteiger partial charge in [0.25, 0.3) is 0 Å². The first-order valence-electron chi connectivity index (χ1n) is 11.5. The molecule has 172 valence electrons. The molecule has 32 heavy (non-hydrogen) atoms. The first kappa shape index (κ1) is 21.4. The van der Waals surface area contributed by atoms with Crippen molar-refractivity contribution in [3.05, 3.63) is 47.5 Å². The maximum absolute atomic E-state index is 9.73. The van der Waals surface area contributed by atoms with Crippen LogP contribution in [-0.2, 0) is 17.8 Å². The fourth-order valence-electron chi connectivity index (χ4n) is 5.08. The average molecular weight is 440 g/mol. The number of hydrogen-bond donors (Lipinski definition) is 1. The molecule has 2 aromatic carbocycles. The highest BCUT2D eigenvalue weighted by Gasteiger charge is 2.31. The molecule has 7 heteroatoms. The Balaban J connectivity index is 1.41. The van der Waals surface area contributed by atoms with Crippen molar-refractivity contribution < 1.29 is 19.3 Å². The third-order valence-electron chi connectivity index (χ3n) is 6.83. The lowest BCUT2D eigenvalue weighted by molar-refractivity contribution is 0.0793. The van der Waals surface area contributed by atoms with Gasteiger partial charge in [-0.3, -0.25) is 4.90 Å². The molecule has 3 aliphatic heterocycles. The molecule has 0 aromatic heterocycles. The maximum Gasteiger partial charge on any atom is 0.161 e. The van der Waals surface area contributed by atoms with Crippen molar-refractivity contribution >= 4 is 11.4 Å². The van der Waals surface area contributed by atoms with Crippen LogP contribution in [0.15, 0.2) is 36.4 Å². The van der Waals surface area contributed by atoms with E-state index in [4.69, 9.17) is 14.2 Å². The van der Waals surface area contributed by atoms with Crippen molar-refractivity contribution in [2.24, 2.45) is 0 Å². The molecule has 7 nitrogen and oxygen atoms in total. The van der Waals surface area contributed by atoms with E-state index in [2.05, 4.69) is 45.0 Å². The zero-order valence-corrected chi connectivity index (χ0v) is 19.0. The molecule has 0 aliphatic carbocycles. The van der Waals surface area contributed by atoms with Gasteiger partial charge < -0.3 is 29.1 Å². The average Bonchev–Trinajstić information content (AvgIpc) is 2.81. The van der Waals surface area contributed by atoms with E-state index in [9.17, 15) is 5.11 Å². The van der Waals surface area contributed by atoms with Gasteiger partial charge >= 0.3 is 0 Å². The largest absolute Gasteiger partial charge is 0.493 e. The van der Waals surface area contributed by atoms with Crippen LogP contribution in [0.3, 0.4) is 0 Å². The van der Waals surface area contributed by atoms with Crippen molar-refractivity contribution in [1.82, 2.24) is 4.90 Å². The first-order valence-corrected chi connectivity index (χ1v) is 11.5. The number of fused-ring (bicyclic) bond motifs is 1. The minimum Gasteiger partial charge on any atom is -0.493 e. The zero-order valence-electron chi connectivity index (χ0n) is 19.0. The monoisotopic (exact) mass is 439 g/mol. The Hall–Kier alpha value is -2.48. The second-order valence-electron chi connectivity index (χ2n) is 9.00. The summed E-state index contributed by atoms with van der Waals surface area (Å²) in [5, 5.41) is 9.73. The summed E-state index contributed by atoms with van der Waals surface area (Å²) in [6.07, 6.45) is 1.92. The predicted molar refractivity (Wildman–Crippen MR) is 125 cm³/mol. The molecule has 0 radical (unpaired) electrons. The molecule has 0 bridgehead atoms. The van der Waals surface area contributed by atoms with Crippen LogP contribution in [-0.4, -0.2) is 69.3 Å². The molecule has 0 atom stereocenters. The Bertz CT molecular complexity index is 941. The minimum absolute atomic E-state index is 0.202. The van der Waals surface area contributed by atoms with E-state index in [1.54, 1.807) is 14.2 Å². The van der Waals surface area contributed by atoms with Crippen LogP contribution in [0.25, 0.3) is 0 Å². The van der Waals surface area contributed by atoms with Crippen molar-refractivity contribution in [3.63, 3.8) is 0 Å². The summed E-state index contributed by atoms with van der Waals surface area (Å²) in [7, 11) is 3.35. The van der Waals surface area contributed by atoms with E-state index >= 15 is 0 Å². The summed E-state index contributed by atoms with van der Waals surface area (Å²) in [4.78, 5) is 7.31. The molecule has 0 amide bonds. The summed E-state index contributed by atoms with van der Waals surface area (Å²) in [6, 6.07) is 13.5. The number of anilines is 2. The maximum atomic E-state index is 9.73. The number of rotatable bonds is 6. The summed E-state index contributed by atoms with van der Waals surface area (Å²) in [6.45, 7) is 5.73. The smallest absolute Gasteiger partial charge is 0.161 e. The Labute approximate surface area is 190 Å². The molecule has 3 aliphatic rings. The highest BCUT2D eigenvalue weighted by Crippen LogP contribution is 2.36. The van der Waals surface area contributed by atoms with Crippen LogP contribution in [0.1, 0.15) is 24.0 Å². The van der Waals surface area contributed by atoms with E-state index in [0.29, 0.717) is 6.04 Å². The quantitative estimate of drug-likeness (QED) is 0.743. The number of aliphatic hydroxyl groups is 1. The Morgan fingerprint density at radius 3 is 2.50 bits per heavy atom. The number of benzene rings is 2. The van der Waals surface area contributed by atoms with Crippen molar-refractivity contribution in [3.8, 4) is 11.5 Å². The van der Waals surface area contributed by atoms with Gasteiger partial charge in [-0.2, -0.15) is 0 Å². The zero-order chi connectivity index (χ0) is 22.1. The summed E-state index contributed by atoms with van der Waals surface area (Å²) in [5.74, 6) is 1.52. The molecule has 0 spiro atoms. The first-order chi connectivity index (χ1) is 15.6. The van der Waals surface area contributed by atoms with Gasteiger partial charge in [-0.15, -0.1) is 0 Å². The molecule has 2 saturated heterocycles. The minimum atomic E-state index is -0.202. The lowest BCUT2D eigenvalue weighted by Crippen LogP contribution is -2.51. The Morgan fingerprint density at radius 2 is 1.78 bits per heavy atom. The lowest BCUT2D eigenvalue weighted by Gasteiger charge is -2.45. The van der Waals surface area contributed by atoms with Crippen molar-refractivity contribution in [1.29, 1.82) is 0 Å². The fraction of sp³-hybridized carbons (Fsp3) is 0.520. The van der Waals surface area contributed by atoms with Gasteiger partial charge in [0.15, 0.2) is 11.5 Å². The van der Waals surface area contributed by atoms with Crippen molar-refractivity contribution in [2.75, 3.05) is 57.0 Å². The lowest BCUT2D eigenvalue weighted by atomic mass is 10.0. The molecule has 2 aromatic rings. The fourth-order valence-corrected chi connectivity index (χ4v) is 5.08. The third kappa shape index (κ3) is 4.25. The van der Waals surface area contributed by atoms with Crippen LogP contribution in [0, 0.1) is 0 Å². The van der Waals surface area contributed by atoms with Gasteiger partial charge in [0.2, 0.25) is 0 Å². The van der Waals surface area contributed by atoms with Gasteiger partial charge in [-0.1, -0.05) is 6.07 Å². The van der Waals surface area contributed by atoms with Gasteiger partial charge in [-0.25, -0.2) is 0 Å². The molecule has 0 saturated carbocycles. The summed E-state index contributed by atoms with van der Waals surface area (Å²) in [5.41, 5.74) is 5.10. The van der Waals surface area contributed by atoms with E-state index in [0.717, 1.165) is 70.4 Å². The number of ether oxygens (including phenoxy) is 3. The molecule has 3 heterocycles. The normalized spacial score (nSPS) is 20.1. The molecule has 5 rings (SSSR count). The van der Waals surface area contributed by atoms with Gasteiger partial charge in [0.05, 0.1) is 27.0 Å². The number of methoxy groups -OCH3 is 2. The second-order valence-corrected chi connectivity index (χ2v) is 9.00. The van der Waals surface area contributed by atoms with Gasteiger partial charge in [0.1, 0.15) is 0 Å². The molecular weight excluding hydrogens is 406 g/mol. The molecular formula is C25H33N3O4. The Kier molecular flexibility index (Phi) is 6.13.